The molecular formula is C16H17N5O. The Bertz CT molecular complexity index is 716. The van der Waals surface area contributed by atoms with Crippen LogP contribution in [0.1, 0.15) is 5.89 Å². The van der Waals surface area contributed by atoms with E-state index in [2.05, 4.69) is 24.8 Å². The zero-order valence-electron chi connectivity index (χ0n) is 12.2. The maximum Gasteiger partial charge on any atom is 0.225 e. The fraction of sp³-hybridized carbons (Fsp3) is 0.312. The number of benzene rings is 1. The summed E-state index contributed by atoms with van der Waals surface area (Å²) in [6.07, 6.45) is 3.57. The van der Waals surface area contributed by atoms with Gasteiger partial charge in [-0.2, -0.15) is 0 Å². The van der Waals surface area contributed by atoms with Crippen molar-refractivity contribution in [2.75, 3.05) is 31.1 Å². The molecule has 112 valence electrons. The van der Waals surface area contributed by atoms with Crippen LogP contribution in [0, 0.1) is 0 Å². The lowest BCUT2D eigenvalue weighted by Gasteiger charge is -2.33. The van der Waals surface area contributed by atoms with Crippen LogP contribution in [0.25, 0.3) is 11.1 Å². The number of hydrogen-bond donors (Lipinski definition) is 0. The molecule has 6 nitrogen and oxygen atoms in total. The maximum atomic E-state index is 5.79. The van der Waals surface area contributed by atoms with Crippen LogP contribution in [0.5, 0.6) is 0 Å². The molecule has 2 aromatic heterocycles. The highest BCUT2D eigenvalue weighted by Crippen LogP contribution is 2.17. The summed E-state index contributed by atoms with van der Waals surface area (Å²) < 4.78 is 5.79. The third-order valence-corrected chi connectivity index (χ3v) is 3.90. The molecular weight excluding hydrogens is 278 g/mol. The Morgan fingerprint density at radius 3 is 2.50 bits per heavy atom. The van der Waals surface area contributed by atoms with E-state index in [1.807, 2.05) is 30.3 Å². The first-order valence-electron chi connectivity index (χ1n) is 7.47. The second-order valence-corrected chi connectivity index (χ2v) is 5.39. The minimum Gasteiger partial charge on any atom is -0.439 e. The van der Waals surface area contributed by atoms with Crippen LogP contribution in [0.15, 0.2) is 47.1 Å². The Morgan fingerprint density at radius 2 is 1.73 bits per heavy atom. The van der Waals surface area contributed by atoms with Crippen molar-refractivity contribution in [1.29, 1.82) is 0 Å². The third-order valence-electron chi connectivity index (χ3n) is 3.90. The number of anilines is 1. The first-order chi connectivity index (χ1) is 10.9. The maximum absolute atomic E-state index is 5.79. The van der Waals surface area contributed by atoms with E-state index >= 15 is 0 Å². The number of para-hydroxylation sites is 2. The van der Waals surface area contributed by atoms with Crippen molar-refractivity contribution in [3.63, 3.8) is 0 Å². The number of nitrogens with zero attached hydrogens (tertiary/aromatic N) is 5. The van der Waals surface area contributed by atoms with Crippen LogP contribution in [-0.2, 0) is 6.54 Å². The van der Waals surface area contributed by atoms with E-state index in [1.165, 1.54) is 0 Å². The van der Waals surface area contributed by atoms with Crippen molar-refractivity contribution in [2.24, 2.45) is 0 Å². The van der Waals surface area contributed by atoms with Gasteiger partial charge in [-0.05, 0) is 18.2 Å². The number of piperazine rings is 1. The van der Waals surface area contributed by atoms with Gasteiger partial charge in [-0.1, -0.05) is 12.1 Å². The van der Waals surface area contributed by atoms with E-state index in [4.69, 9.17) is 4.42 Å². The molecule has 6 heteroatoms. The summed E-state index contributed by atoms with van der Waals surface area (Å²) in [4.78, 5) is 17.7. The Balaban J connectivity index is 1.39. The fourth-order valence-corrected chi connectivity index (χ4v) is 2.74. The summed E-state index contributed by atoms with van der Waals surface area (Å²) in [7, 11) is 0. The molecule has 0 radical (unpaired) electrons. The van der Waals surface area contributed by atoms with Crippen molar-refractivity contribution in [1.82, 2.24) is 19.9 Å². The van der Waals surface area contributed by atoms with E-state index < -0.39 is 0 Å². The van der Waals surface area contributed by atoms with Crippen LogP contribution in [0.2, 0.25) is 0 Å². The largest absolute Gasteiger partial charge is 0.439 e. The molecule has 0 aliphatic carbocycles. The molecule has 0 atom stereocenters. The predicted molar refractivity (Wildman–Crippen MR) is 83.5 cm³/mol. The highest BCUT2D eigenvalue weighted by molar-refractivity contribution is 5.72. The molecule has 1 saturated heterocycles. The number of fused-ring (bicyclic) bond motifs is 1. The van der Waals surface area contributed by atoms with Crippen molar-refractivity contribution in [2.45, 2.75) is 6.54 Å². The standard InChI is InChI=1S/C16H17N5O/c1-2-5-14-13(4-1)19-15(22-14)12-20-8-10-21(11-9-20)16-17-6-3-7-18-16/h1-7H,8-12H2. The second-order valence-electron chi connectivity index (χ2n) is 5.39. The van der Waals surface area contributed by atoms with Crippen LogP contribution in [0.4, 0.5) is 5.95 Å². The van der Waals surface area contributed by atoms with Crippen molar-refractivity contribution in [3.8, 4) is 0 Å². The molecule has 3 heterocycles. The zero-order valence-corrected chi connectivity index (χ0v) is 12.2. The van der Waals surface area contributed by atoms with E-state index in [-0.39, 0.29) is 0 Å². The molecule has 1 aliphatic heterocycles. The number of hydrogen-bond acceptors (Lipinski definition) is 6. The van der Waals surface area contributed by atoms with Gasteiger partial charge >= 0.3 is 0 Å². The highest BCUT2D eigenvalue weighted by atomic mass is 16.3. The number of oxazole rings is 1. The van der Waals surface area contributed by atoms with Gasteiger partial charge in [0, 0.05) is 38.6 Å². The molecule has 1 aromatic carbocycles. The van der Waals surface area contributed by atoms with Gasteiger partial charge in [0.1, 0.15) is 5.52 Å². The van der Waals surface area contributed by atoms with Gasteiger partial charge in [-0.15, -0.1) is 0 Å². The summed E-state index contributed by atoms with van der Waals surface area (Å²) in [6.45, 7) is 4.50. The second kappa shape index (κ2) is 5.73. The zero-order chi connectivity index (χ0) is 14.8. The predicted octanol–water partition coefficient (Wildman–Crippen LogP) is 1.94. The summed E-state index contributed by atoms with van der Waals surface area (Å²) in [5.74, 6) is 1.59. The average molecular weight is 295 g/mol. The summed E-state index contributed by atoms with van der Waals surface area (Å²) >= 11 is 0. The molecule has 0 N–H and O–H groups in total. The summed E-state index contributed by atoms with van der Waals surface area (Å²) in [5.41, 5.74) is 1.78. The lowest BCUT2D eigenvalue weighted by Crippen LogP contribution is -2.46. The summed E-state index contributed by atoms with van der Waals surface area (Å²) in [5, 5.41) is 0. The van der Waals surface area contributed by atoms with E-state index in [1.54, 1.807) is 12.4 Å². The topological polar surface area (TPSA) is 58.3 Å². The normalized spacial score (nSPS) is 16.3. The summed E-state index contributed by atoms with van der Waals surface area (Å²) in [6, 6.07) is 9.72. The Labute approximate surface area is 128 Å². The SMILES string of the molecule is c1cnc(N2CCN(Cc3nc4ccccc4o3)CC2)nc1. The first kappa shape index (κ1) is 13.2. The van der Waals surface area contributed by atoms with Gasteiger partial charge < -0.3 is 9.32 Å². The van der Waals surface area contributed by atoms with Crippen molar-refractivity contribution < 1.29 is 4.42 Å². The van der Waals surface area contributed by atoms with Gasteiger partial charge in [0.05, 0.1) is 6.54 Å². The molecule has 1 fully saturated rings. The fourth-order valence-electron chi connectivity index (χ4n) is 2.74. The van der Waals surface area contributed by atoms with Gasteiger partial charge in [0.2, 0.25) is 11.8 Å². The average Bonchev–Trinajstić information content (AvgIpc) is 2.98. The first-order valence-corrected chi connectivity index (χ1v) is 7.47. The van der Waals surface area contributed by atoms with Gasteiger partial charge in [-0.25, -0.2) is 15.0 Å². The Hall–Kier alpha value is -2.47. The Morgan fingerprint density at radius 1 is 0.955 bits per heavy atom. The molecule has 22 heavy (non-hydrogen) atoms. The molecule has 0 saturated carbocycles. The van der Waals surface area contributed by atoms with Crippen LogP contribution in [0.3, 0.4) is 0 Å². The van der Waals surface area contributed by atoms with Crippen molar-refractivity contribution >= 4 is 17.0 Å². The molecule has 0 amide bonds. The van der Waals surface area contributed by atoms with E-state index in [9.17, 15) is 0 Å². The Kier molecular flexibility index (Phi) is 3.44. The van der Waals surface area contributed by atoms with Crippen molar-refractivity contribution in [3.05, 3.63) is 48.6 Å². The van der Waals surface area contributed by atoms with Gasteiger partial charge in [-0.3, -0.25) is 4.90 Å². The molecule has 0 unspecified atom stereocenters. The minimum absolute atomic E-state index is 0.748. The van der Waals surface area contributed by atoms with E-state index in [0.717, 1.165) is 55.7 Å². The third kappa shape index (κ3) is 2.65. The lowest BCUT2D eigenvalue weighted by molar-refractivity contribution is 0.227. The smallest absolute Gasteiger partial charge is 0.225 e. The van der Waals surface area contributed by atoms with Gasteiger partial charge in [0.25, 0.3) is 0 Å². The molecule has 3 aromatic rings. The van der Waals surface area contributed by atoms with Crippen LogP contribution in [-0.4, -0.2) is 46.0 Å². The van der Waals surface area contributed by atoms with Gasteiger partial charge in [0.15, 0.2) is 5.58 Å². The monoisotopic (exact) mass is 295 g/mol. The molecule has 4 rings (SSSR count). The number of aromatic nitrogens is 3. The van der Waals surface area contributed by atoms with Crippen LogP contribution >= 0.6 is 0 Å². The highest BCUT2D eigenvalue weighted by Gasteiger charge is 2.20. The molecule has 1 aliphatic rings. The van der Waals surface area contributed by atoms with Crippen LogP contribution < -0.4 is 4.90 Å². The minimum atomic E-state index is 0.748. The lowest BCUT2D eigenvalue weighted by atomic mass is 10.3. The van der Waals surface area contributed by atoms with E-state index in [0.29, 0.717) is 0 Å². The molecule has 0 spiro atoms. The number of rotatable bonds is 3. The molecule has 0 bridgehead atoms. The quantitative estimate of drug-likeness (QED) is 0.736.